The molecule has 0 aliphatic carbocycles. The van der Waals surface area contributed by atoms with Crippen LogP contribution in [0.4, 0.5) is 10.1 Å². The van der Waals surface area contributed by atoms with Crippen LogP contribution in [0.5, 0.6) is 0 Å². The van der Waals surface area contributed by atoms with Crippen molar-refractivity contribution in [3.8, 4) is 0 Å². The molecule has 0 atom stereocenters. The molecule has 0 unspecified atom stereocenters. The van der Waals surface area contributed by atoms with Crippen molar-refractivity contribution in [1.29, 1.82) is 0 Å². The van der Waals surface area contributed by atoms with E-state index in [2.05, 4.69) is 37.2 Å². The van der Waals surface area contributed by atoms with E-state index in [1.54, 1.807) is 13.0 Å². The number of rotatable bonds is 3. The van der Waals surface area contributed by atoms with E-state index in [1.165, 1.54) is 6.07 Å². The number of nitrogens with one attached hydrogen (secondary N) is 1. The zero-order valence-corrected chi connectivity index (χ0v) is 12.2. The third-order valence-electron chi connectivity index (χ3n) is 2.33. The maximum Gasteiger partial charge on any atom is 0.183 e. The molecule has 1 aromatic carbocycles. The predicted octanol–water partition coefficient (Wildman–Crippen LogP) is 4.86. The highest BCUT2D eigenvalue weighted by Crippen LogP contribution is 2.27. The van der Waals surface area contributed by atoms with Gasteiger partial charge in [0, 0.05) is 5.69 Å². The lowest BCUT2D eigenvalue weighted by Gasteiger charge is -2.05. The molecule has 0 saturated heterocycles. The summed E-state index contributed by atoms with van der Waals surface area (Å²) in [7, 11) is 0. The van der Waals surface area contributed by atoms with Crippen LogP contribution in [0.2, 0.25) is 0 Å². The van der Waals surface area contributed by atoms with Gasteiger partial charge in [0.25, 0.3) is 0 Å². The first-order chi connectivity index (χ1) is 8.06. The second-order valence-corrected chi connectivity index (χ2v) is 5.23. The normalized spacial score (nSPS) is 10.6. The van der Waals surface area contributed by atoms with E-state index < -0.39 is 0 Å². The van der Waals surface area contributed by atoms with Crippen LogP contribution in [0.15, 0.2) is 37.8 Å². The van der Waals surface area contributed by atoms with E-state index in [9.17, 15) is 4.39 Å². The smallest absolute Gasteiger partial charge is 0.183 e. The van der Waals surface area contributed by atoms with Gasteiger partial charge in [0.1, 0.15) is 11.6 Å². The van der Waals surface area contributed by atoms with Gasteiger partial charge >= 0.3 is 0 Å². The fraction of sp³-hybridized carbons (Fsp3) is 0.167. The second kappa shape index (κ2) is 5.23. The third kappa shape index (κ3) is 3.10. The van der Waals surface area contributed by atoms with E-state index in [-0.39, 0.29) is 5.82 Å². The first-order valence-corrected chi connectivity index (χ1v) is 6.58. The average molecular weight is 363 g/mol. The Morgan fingerprint density at radius 1 is 1.29 bits per heavy atom. The Morgan fingerprint density at radius 3 is 2.65 bits per heavy atom. The molecule has 90 valence electrons. The van der Waals surface area contributed by atoms with Crippen molar-refractivity contribution in [2.45, 2.75) is 13.5 Å². The fourth-order valence-electron chi connectivity index (χ4n) is 1.37. The molecular formula is C12H10Br2FNO. The Morgan fingerprint density at radius 2 is 2.06 bits per heavy atom. The number of aryl methyl sites for hydroxylation is 1. The van der Waals surface area contributed by atoms with Crippen LogP contribution in [0.1, 0.15) is 11.3 Å². The van der Waals surface area contributed by atoms with Crippen LogP contribution in [0, 0.1) is 12.7 Å². The lowest BCUT2D eigenvalue weighted by molar-refractivity contribution is 0.494. The Hall–Kier alpha value is -0.810. The first kappa shape index (κ1) is 12.6. The highest BCUT2D eigenvalue weighted by molar-refractivity contribution is 9.13. The van der Waals surface area contributed by atoms with Crippen molar-refractivity contribution in [2.75, 3.05) is 5.32 Å². The second-order valence-electron chi connectivity index (χ2n) is 3.65. The quantitative estimate of drug-likeness (QED) is 0.843. The summed E-state index contributed by atoms with van der Waals surface area (Å²) in [5.74, 6) is 0.557. The molecule has 0 aliphatic heterocycles. The van der Waals surface area contributed by atoms with Gasteiger partial charge in [0.2, 0.25) is 0 Å². The molecule has 0 bridgehead atoms. The van der Waals surface area contributed by atoms with E-state index >= 15 is 0 Å². The summed E-state index contributed by atoms with van der Waals surface area (Å²) in [6.07, 6.45) is 0. The molecule has 2 aromatic rings. The van der Waals surface area contributed by atoms with E-state index in [1.807, 2.05) is 12.1 Å². The number of halogens is 3. The summed E-state index contributed by atoms with van der Waals surface area (Å²) in [6.45, 7) is 2.24. The van der Waals surface area contributed by atoms with Gasteiger partial charge in [0.15, 0.2) is 4.67 Å². The van der Waals surface area contributed by atoms with Gasteiger partial charge < -0.3 is 9.73 Å². The zero-order chi connectivity index (χ0) is 12.4. The molecule has 1 heterocycles. The molecule has 0 aliphatic rings. The summed E-state index contributed by atoms with van der Waals surface area (Å²) >= 11 is 6.60. The van der Waals surface area contributed by atoms with Crippen molar-refractivity contribution in [1.82, 2.24) is 0 Å². The predicted molar refractivity (Wildman–Crippen MR) is 72.6 cm³/mol. The Bertz CT molecular complexity index is 520. The maximum absolute atomic E-state index is 13.3. The summed E-state index contributed by atoms with van der Waals surface area (Å²) in [4.78, 5) is 0. The summed E-state index contributed by atoms with van der Waals surface area (Å²) in [5, 5.41) is 3.09. The number of benzene rings is 1. The molecule has 0 amide bonds. The van der Waals surface area contributed by atoms with Crippen LogP contribution < -0.4 is 5.32 Å². The topological polar surface area (TPSA) is 25.2 Å². The van der Waals surface area contributed by atoms with E-state index in [0.717, 1.165) is 15.9 Å². The zero-order valence-electron chi connectivity index (χ0n) is 9.06. The lowest BCUT2D eigenvalue weighted by atomic mass is 10.2. The van der Waals surface area contributed by atoms with Crippen LogP contribution in [0.25, 0.3) is 0 Å². The minimum absolute atomic E-state index is 0.211. The van der Waals surface area contributed by atoms with Gasteiger partial charge in [-0.05, 0) is 62.5 Å². The maximum atomic E-state index is 13.3. The van der Waals surface area contributed by atoms with Gasteiger partial charge in [0.05, 0.1) is 11.0 Å². The number of hydrogen-bond donors (Lipinski definition) is 1. The molecular weight excluding hydrogens is 353 g/mol. The van der Waals surface area contributed by atoms with Crippen molar-refractivity contribution in [2.24, 2.45) is 0 Å². The molecule has 2 rings (SSSR count). The van der Waals surface area contributed by atoms with Crippen molar-refractivity contribution < 1.29 is 8.81 Å². The Kier molecular flexibility index (Phi) is 3.89. The molecule has 0 saturated carbocycles. The van der Waals surface area contributed by atoms with Crippen molar-refractivity contribution in [3.63, 3.8) is 0 Å². The molecule has 17 heavy (non-hydrogen) atoms. The highest BCUT2D eigenvalue weighted by atomic mass is 79.9. The molecule has 1 N–H and O–H groups in total. The standard InChI is InChI=1S/C12H10Br2FNO/c1-7-2-3-8(4-11(7)15)16-6-9-5-10(13)12(14)17-9/h2-5,16H,6H2,1H3. The van der Waals surface area contributed by atoms with Crippen molar-refractivity contribution in [3.05, 3.63) is 50.5 Å². The molecule has 0 fully saturated rings. The summed E-state index contributed by atoms with van der Waals surface area (Å²) in [6, 6.07) is 6.92. The largest absolute Gasteiger partial charge is 0.451 e. The average Bonchev–Trinajstić information content (AvgIpc) is 2.60. The minimum Gasteiger partial charge on any atom is -0.451 e. The summed E-state index contributed by atoms with van der Waals surface area (Å²) < 4.78 is 20.2. The van der Waals surface area contributed by atoms with Gasteiger partial charge in [-0.15, -0.1) is 0 Å². The number of hydrogen-bond acceptors (Lipinski definition) is 2. The van der Waals surface area contributed by atoms with Crippen molar-refractivity contribution >= 4 is 37.5 Å². The van der Waals surface area contributed by atoms with Gasteiger partial charge in [-0.2, -0.15) is 0 Å². The molecule has 1 aromatic heterocycles. The third-order valence-corrected chi connectivity index (χ3v) is 4.04. The highest BCUT2D eigenvalue weighted by Gasteiger charge is 2.06. The van der Waals surface area contributed by atoms with Crippen LogP contribution in [-0.4, -0.2) is 0 Å². The SMILES string of the molecule is Cc1ccc(NCc2cc(Br)c(Br)o2)cc1F. The van der Waals surface area contributed by atoms with E-state index in [0.29, 0.717) is 16.8 Å². The first-order valence-electron chi connectivity index (χ1n) is 5.00. The molecule has 0 radical (unpaired) electrons. The Balaban J connectivity index is 2.04. The monoisotopic (exact) mass is 361 g/mol. The molecule has 5 heteroatoms. The number of furan rings is 1. The van der Waals surface area contributed by atoms with Gasteiger partial charge in [-0.1, -0.05) is 6.07 Å². The Labute approximate surface area is 115 Å². The van der Waals surface area contributed by atoms with Crippen LogP contribution in [0.3, 0.4) is 0 Å². The van der Waals surface area contributed by atoms with Crippen LogP contribution >= 0.6 is 31.9 Å². The summed E-state index contributed by atoms with van der Waals surface area (Å²) in [5.41, 5.74) is 1.37. The number of anilines is 1. The molecule has 2 nitrogen and oxygen atoms in total. The van der Waals surface area contributed by atoms with E-state index in [4.69, 9.17) is 4.42 Å². The van der Waals surface area contributed by atoms with Gasteiger partial charge in [-0.25, -0.2) is 4.39 Å². The van der Waals surface area contributed by atoms with Gasteiger partial charge in [-0.3, -0.25) is 0 Å². The fourth-order valence-corrected chi connectivity index (χ4v) is 2.03. The lowest BCUT2D eigenvalue weighted by Crippen LogP contribution is -1.98. The minimum atomic E-state index is -0.211. The van der Waals surface area contributed by atoms with Crippen LogP contribution in [-0.2, 0) is 6.54 Å². The molecule has 0 spiro atoms.